The first-order valence-electron chi connectivity index (χ1n) is 14.5. The second kappa shape index (κ2) is 16.6. The number of aliphatic carboxylic acids is 2. The van der Waals surface area contributed by atoms with Gasteiger partial charge in [-0.05, 0) is 12.1 Å². The van der Waals surface area contributed by atoms with Gasteiger partial charge in [-0.25, -0.2) is 53.3 Å². The Morgan fingerprint density at radius 2 is 1.11 bits per heavy atom. The number of carboxylic acids is 8. The molecule has 296 valence electrons. The molecule has 2 fully saturated rings. The SMILES string of the molecule is O=C(O)C1OC(C(=O)O)C2C1C(F)(F)C2(F)F.O=C(O)c1cc2ccccc2nc1C(=O)O.O=C(O)c1cncc(C(=O)O)n1.O=C(O)c1nc[nH]c1C(=O)O. The Morgan fingerprint density at radius 1 is 0.625 bits per heavy atom. The minimum atomic E-state index is -4.56. The molecule has 0 spiro atoms. The second-order valence-electron chi connectivity index (χ2n) is 10.8. The fourth-order valence-corrected chi connectivity index (χ4v) is 4.94. The van der Waals surface area contributed by atoms with Crippen molar-refractivity contribution in [2.45, 2.75) is 24.1 Å². The number of hydrogen-bond donors (Lipinski definition) is 9. The fourth-order valence-electron chi connectivity index (χ4n) is 4.94. The summed E-state index contributed by atoms with van der Waals surface area (Å²) < 4.78 is 56.4. The number of aromatic amines is 1. The van der Waals surface area contributed by atoms with Crippen molar-refractivity contribution in [3.63, 3.8) is 0 Å². The van der Waals surface area contributed by atoms with E-state index in [0.29, 0.717) is 10.9 Å². The van der Waals surface area contributed by atoms with Crippen molar-refractivity contribution < 1.29 is 102 Å². The number of benzene rings is 1. The lowest BCUT2D eigenvalue weighted by Crippen LogP contribution is -2.69. The zero-order valence-electron chi connectivity index (χ0n) is 27.0. The maximum Gasteiger partial charge on any atom is 0.357 e. The highest BCUT2D eigenvalue weighted by Gasteiger charge is 2.86. The number of imidazole rings is 1. The van der Waals surface area contributed by atoms with Gasteiger partial charge < -0.3 is 50.6 Å². The Hall–Kier alpha value is -7.64. The van der Waals surface area contributed by atoms with E-state index in [4.69, 9.17) is 40.9 Å². The van der Waals surface area contributed by atoms with Gasteiger partial charge in [-0.1, -0.05) is 18.2 Å². The molecule has 3 aromatic heterocycles. The summed E-state index contributed by atoms with van der Waals surface area (Å²) in [4.78, 5) is 99.9. The number of halogens is 4. The number of carboxylic acid groups (broad SMARTS) is 8. The molecule has 4 unspecified atom stereocenters. The molecule has 56 heavy (non-hydrogen) atoms. The van der Waals surface area contributed by atoms with Gasteiger partial charge in [0.15, 0.2) is 40.7 Å². The largest absolute Gasteiger partial charge is 0.479 e. The summed E-state index contributed by atoms with van der Waals surface area (Å²) in [6.07, 6.45) is -1.47. The minimum absolute atomic E-state index is 0.300. The molecular weight excluding hydrogens is 778 g/mol. The van der Waals surface area contributed by atoms with E-state index in [2.05, 4.69) is 29.7 Å². The predicted molar refractivity (Wildman–Crippen MR) is 165 cm³/mol. The Morgan fingerprint density at radius 3 is 1.50 bits per heavy atom. The van der Waals surface area contributed by atoms with Crippen LogP contribution in [0.15, 0.2) is 49.1 Å². The highest BCUT2D eigenvalue weighted by Crippen LogP contribution is 2.65. The van der Waals surface area contributed by atoms with E-state index >= 15 is 0 Å². The van der Waals surface area contributed by atoms with Crippen LogP contribution in [0.5, 0.6) is 0 Å². The van der Waals surface area contributed by atoms with Crippen LogP contribution in [0.2, 0.25) is 0 Å². The number of ether oxygens (including phenoxy) is 1. The molecule has 4 heterocycles. The molecule has 0 radical (unpaired) electrons. The quantitative estimate of drug-likeness (QED) is 0.115. The topological polar surface area (TPSA) is 375 Å². The van der Waals surface area contributed by atoms with Gasteiger partial charge in [-0.3, -0.25) is 4.98 Å². The number of aromatic nitrogens is 5. The van der Waals surface area contributed by atoms with E-state index < -0.39 is 101 Å². The highest BCUT2D eigenvalue weighted by molar-refractivity contribution is 6.03. The van der Waals surface area contributed by atoms with Crippen molar-refractivity contribution in [3.8, 4) is 0 Å². The number of H-pyrrole nitrogens is 1. The van der Waals surface area contributed by atoms with Gasteiger partial charge in [0.1, 0.15) is 0 Å². The van der Waals surface area contributed by atoms with Crippen LogP contribution in [-0.2, 0) is 14.3 Å². The lowest BCUT2D eigenvalue weighted by molar-refractivity contribution is -0.347. The van der Waals surface area contributed by atoms with Gasteiger partial charge in [0.2, 0.25) is 0 Å². The van der Waals surface area contributed by atoms with Crippen molar-refractivity contribution in [3.05, 3.63) is 83.1 Å². The first-order valence-corrected chi connectivity index (χ1v) is 14.5. The molecule has 1 aliphatic heterocycles. The number of fused-ring (bicyclic) bond motifs is 2. The number of hydrogen-bond acceptors (Lipinski definition) is 13. The molecule has 26 heteroatoms. The number of pyridine rings is 1. The van der Waals surface area contributed by atoms with Gasteiger partial charge in [-0.15, -0.1) is 0 Å². The van der Waals surface area contributed by atoms with E-state index in [9.17, 15) is 55.9 Å². The van der Waals surface area contributed by atoms with Crippen LogP contribution < -0.4 is 0 Å². The molecule has 9 N–H and O–H groups in total. The third-order valence-electron chi connectivity index (χ3n) is 7.39. The summed E-state index contributed by atoms with van der Waals surface area (Å²) in [5.74, 6) is -25.4. The van der Waals surface area contributed by atoms with Gasteiger partial charge in [0, 0.05) is 5.39 Å². The van der Waals surface area contributed by atoms with Crippen LogP contribution in [0.25, 0.3) is 10.9 Å². The van der Waals surface area contributed by atoms with Gasteiger partial charge in [-0.2, -0.15) is 17.6 Å². The van der Waals surface area contributed by atoms with Crippen LogP contribution in [0.1, 0.15) is 62.8 Å². The summed E-state index contributed by atoms with van der Waals surface area (Å²) in [6.45, 7) is 0. The van der Waals surface area contributed by atoms with Gasteiger partial charge in [0.05, 0.1) is 41.6 Å². The summed E-state index contributed by atoms with van der Waals surface area (Å²) in [5.41, 5.74) is -1.91. The Labute approximate surface area is 304 Å². The number of nitrogens with zero attached hydrogens (tertiary/aromatic N) is 4. The summed E-state index contributed by atoms with van der Waals surface area (Å²) in [6, 6.07) is 8.07. The predicted octanol–water partition coefficient (Wildman–Crippen LogP) is 1.75. The molecule has 1 saturated carbocycles. The average molecular weight is 800 g/mol. The second-order valence-corrected chi connectivity index (χ2v) is 10.8. The fraction of sp³-hybridized carbons (Fsp3) is 0.200. The van der Waals surface area contributed by atoms with Crippen LogP contribution in [0.4, 0.5) is 17.6 Å². The maximum absolute atomic E-state index is 13.0. The molecule has 6 rings (SSSR count). The number of nitrogens with one attached hydrogen (secondary N) is 1. The van der Waals surface area contributed by atoms with E-state index in [-0.39, 0.29) is 17.0 Å². The van der Waals surface area contributed by atoms with Gasteiger partial charge >= 0.3 is 59.6 Å². The van der Waals surface area contributed by atoms with Crippen molar-refractivity contribution in [1.29, 1.82) is 0 Å². The normalized spacial score (nSPS) is 19.4. The monoisotopic (exact) mass is 799 g/mol. The van der Waals surface area contributed by atoms with E-state index in [1.54, 1.807) is 24.3 Å². The van der Waals surface area contributed by atoms with Crippen LogP contribution in [-0.4, -0.2) is 138 Å². The Kier molecular flexibility index (Phi) is 12.7. The molecule has 2 aliphatic rings. The van der Waals surface area contributed by atoms with Crippen molar-refractivity contribution in [2.24, 2.45) is 11.8 Å². The number of aromatic carboxylic acids is 6. The van der Waals surface area contributed by atoms with E-state index in [1.807, 2.05) is 0 Å². The number of carbonyl (C=O) groups is 8. The lowest BCUT2D eigenvalue weighted by atomic mass is 9.63. The Balaban J connectivity index is 0.000000204. The molecule has 1 saturated heterocycles. The first kappa shape index (κ1) is 42.8. The molecule has 0 bridgehead atoms. The van der Waals surface area contributed by atoms with E-state index in [0.717, 1.165) is 18.7 Å². The summed E-state index contributed by atoms with van der Waals surface area (Å²) in [5, 5.41) is 68.9. The van der Waals surface area contributed by atoms with E-state index in [1.165, 1.54) is 6.07 Å². The molecule has 4 aromatic rings. The molecule has 1 aromatic carbocycles. The molecular formula is C30H21F4N5O17. The Bertz CT molecular complexity index is 2100. The zero-order chi connectivity index (χ0) is 42.4. The molecule has 0 amide bonds. The third-order valence-corrected chi connectivity index (χ3v) is 7.39. The smallest absolute Gasteiger partial charge is 0.357 e. The van der Waals surface area contributed by atoms with Gasteiger partial charge in [0.25, 0.3) is 0 Å². The van der Waals surface area contributed by atoms with Crippen LogP contribution in [0.3, 0.4) is 0 Å². The van der Waals surface area contributed by atoms with Crippen LogP contribution >= 0.6 is 0 Å². The third kappa shape index (κ3) is 8.76. The minimum Gasteiger partial charge on any atom is -0.479 e. The lowest BCUT2D eigenvalue weighted by Gasteiger charge is -2.48. The number of para-hydroxylation sites is 1. The molecule has 22 nitrogen and oxygen atoms in total. The zero-order valence-corrected chi connectivity index (χ0v) is 27.0. The summed E-state index contributed by atoms with van der Waals surface area (Å²) in [7, 11) is 0. The molecule has 1 aliphatic carbocycles. The highest BCUT2D eigenvalue weighted by atomic mass is 19.3. The summed E-state index contributed by atoms with van der Waals surface area (Å²) >= 11 is 0. The van der Waals surface area contributed by atoms with Crippen molar-refractivity contribution >= 4 is 58.7 Å². The van der Waals surface area contributed by atoms with Crippen molar-refractivity contribution in [1.82, 2.24) is 24.9 Å². The standard InChI is InChI=1S/C11H7NO4.C8H6F4O5.C6H4N2O4.C5H4N2O4/c13-10(14)7-5-6-3-1-2-4-8(6)12-9(7)11(15)16;9-7(10)1-2(8(7,11)12)4(6(15)16)17-3(1)5(13)14;9-5(10)3-1-7-2-4(8-3)6(11)12;8-4(9)2-3(5(10)11)7-1-6-2/h1-5H,(H,13,14)(H,15,16);1-4H,(H,13,14)(H,15,16);1-2H,(H,9,10)(H,11,12);1H,(H,6,7)(H,8,9)(H,10,11). The number of rotatable bonds is 8. The van der Waals surface area contributed by atoms with Crippen LogP contribution in [0, 0.1) is 11.8 Å². The van der Waals surface area contributed by atoms with Crippen molar-refractivity contribution in [2.75, 3.05) is 0 Å². The average Bonchev–Trinajstić information content (AvgIpc) is 3.79. The molecule has 4 atom stereocenters. The maximum atomic E-state index is 13.0. The first-order chi connectivity index (χ1) is 25.9. The number of alkyl halides is 4.